The fourth-order valence-corrected chi connectivity index (χ4v) is 2.34. The van der Waals surface area contributed by atoms with Gasteiger partial charge in [0.15, 0.2) is 0 Å². The van der Waals surface area contributed by atoms with Gasteiger partial charge in [0.1, 0.15) is 5.60 Å². The Balaban J connectivity index is 2.18. The number of aromatic nitrogens is 1. The molecule has 1 aliphatic carbocycles. The lowest BCUT2D eigenvalue weighted by Crippen LogP contribution is -2.46. The van der Waals surface area contributed by atoms with E-state index in [4.69, 9.17) is 0 Å². The average Bonchev–Trinajstić information content (AvgIpc) is 2.31. The molecular weight excluding hydrogens is 150 g/mol. The van der Waals surface area contributed by atoms with E-state index in [-0.39, 0.29) is 0 Å². The molecule has 1 saturated carbocycles. The van der Waals surface area contributed by atoms with E-state index in [0.717, 1.165) is 18.5 Å². The number of nitrogens with one attached hydrogen (secondary N) is 1. The SMILES string of the molecule is CC1(C)CC(O)(c2ccc[nH]2)C1. The zero-order valence-corrected chi connectivity index (χ0v) is 7.59. The smallest absolute Gasteiger partial charge is 0.105 e. The van der Waals surface area contributed by atoms with Crippen molar-refractivity contribution in [2.75, 3.05) is 0 Å². The summed E-state index contributed by atoms with van der Waals surface area (Å²) in [5, 5.41) is 10.1. The Morgan fingerprint density at radius 3 is 2.50 bits per heavy atom. The topological polar surface area (TPSA) is 36.0 Å². The predicted octanol–water partition coefficient (Wildman–Crippen LogP) is 2.02. The molecule has 0 aromatic carbocycles. The Labute approximate surface area is 72.6 Å². The third kappa shape index (κ3) is 1.07. The minimum atomic E-state index is -0.576. The summed E-state index contributed by atoms with van der Waals surface area (Å²) in [6.45, 7) is 4.37. The van der Waals surface area contributed by atoms with Crippen LogP contribution >= 0.6 is 0 Å². The highest BCUT2D eigenvalue weighted by atomic mass is 16.3. The summed E-state index contributed by atoms with van der Waals surface area (Å²) in [5.41, 5.74) is 0.689. The lowest BCUT2D eigenvalue weighted by molar-refractivity contribution is -0.122. The van der Waals surface area contributed by atoms with E-state index in [0.29, 0.717) is 5.41 Å². The number of H-pyrrole nitrogens is 1. The first kappa shape index (κ1) is 7.87. The van der Waals surface area contributed by atoms with Crippen molar-refractivity contribution in [3.8, 4) is 0 Å². The van der Waals surface area contributed by atoms with Crippen LogP contribution in [0.15, 0.2) is 18.3 Å². The molecule has 1 aromatic rings. The molecule has 0 aliphatic heterocycles. The van der Waals surface area contributed by atoms with E-state index in [1.165, 1.54) is 0 Å². The zero-order valence-electron chi connectivity index (χ0n) is 7.59. The Bertz CT molecular complexity index is 266. The van der Waals surface area contributed by atoms with E-state index < -0.39 is 5.60 Å². The Morgan fingerprint density at radius 1 is 1.42 bits per heavy atom. The Morgan fingerprint density at radius 2 is 2.08 bits per heavy atom. The maximum Gasteiger partial charge on any atom is 0.105 e. The fraction of sp³-hybridized carbons (Fsp3) is 0.600. The van der Waals surface area contributed by atoms with E-state index in [2.05, 4.69) is 18.8 Å². The number of rotatable bonds is 1. The van der Waals surface area contributed by atoms with Crippen molar-refractivity contribution in [3.05, 3.63) is 24.0 Å². The monoisotopic (exact) mass is 165 g/mol. The van der Waals surface area contributed by atoms with Gasteiger partial charge in [0, 0.05) is 11.9 Å². The quantitative estimate of drug-likeness (QED) is 0.656. The molecule has 2 rings (SSSR count). The van der Waals surface area contributed by atoms with E-state index in [1.807, 2.05) is 18.3 Å². The lowest BCUT2D eigenvalue weighted by atomic mass is 9.60. The van der Waals surface area contributed by atoms with Crippen molar-refractivity contribution in [1.29, 1.82) is 0 Å². The second kappa shape index (κ2) is 2.13. The first-order chi connectivity index (χ1) is 5.52. The minimum absolute atomic E-state index is 0.305. The second-order valence-electron chi connectivity index (χ2n) is 4.63. The molecule has 0 atom stereocenters. The van der Waals surface area contributed by atoms with Crippen molar-refractivity contribution in [3.63, 3.8) is 0 Å². The van der Waals surface area contributed by atoms with E-state index in [1.54, 1.807) is 0 Å². The molecule has 0 saturated heterocycles. The molecule has 66 valence electrons. The summed E-state index contributed by atoms with van der Waals surface area (Å²) in [4.78, 5) is 3.07. The van der Waals surface area contributed by atoms with Crippen LogP contribution in [0, 0.1) is 5.41 Å². The van der Waals surface area contributed by atoms with Crippen molar-refractivity contribution in [2.45, 2.75) is 32.3 Å². The predicted molar refractivity (Wildman–Crippen MR) is 47.7 cm³/mol. The van der Waals surface area contributed by atoms with Crippen LogP contribution in [0.4, 0.5) is 0 Å². The largest absolute Gasteiger partial charge is 0.384 e. The maximum atomic E-state index is 10.1. The Hall–Kier alpha value is -0.760. The van der Waals surface area contributed by atoms with Crippen LogP contribution in [-0.4, -0.2) is 10.1 Å². The molecule has 1 heterocycles. The molecule has 0 bridgehead atoms. The molecule has 1 aliphatic rings. The summed E-state index contributed by atoms with van der Waals surface area (Å²) in [5.74, 6) is 0. The van der Waals surface area contributed by atoms with Crippen molar-refractivity contribution in [2.24, 2.45) is 5.41 Å². The molecule has 0 spiro atoms. The average molecular weight is 165 g/mol. The highest BCUT2D eigenvalue weighted by Gasteiger charge is 2.49. The van der Waals surface area contributed by atoms with Crippen LogP contribution in [0.25, 0.3) is 0 Å². The maximum absolute atomic E-state index is 10.1. The molecule has 1 aromatic heterocycles. The van der Waals surface area contributed by atoms with Gasteiger partial charge in [0.2, 0.25) is 0 Å². The van der Waals surface area contributed by atoms with E-state index in [9.17, 15) is 5.11 Å². The minimum Gasteiger partial charge on any atom is -0.384 e. The fourth-order valence-electron chi connectivity index (χ4n) is 2.34. The van der Waals surface area contributed by atoms with Crippen LogP contribution in [0.3, 0.4) is 0 Å². The molecule has 2 heteroatoms. The molecule has 0 unspecified atom stereocenters. The van der Waals surface area contributed by atoms with Crippen LogP contribution in [0.1, 0.15) is 32.4 Å². The first-order valence-corrected chi connectivity index (χ1v) is 4.38. The van der Waals surface area contributed by atoms with Gasteiger partial charge in [-0.2, -0.15) is 0 Å². The van der Waals surface area contributed by atoms with Gasteiger partial charge >= 0.3 is 0 Å². The van der Waals surface area contributed by atoms with Gasteiger partial charge in [-0.1, -0.05) is 13.8 Å². The van der Waals surface area contributed by atoms with Gasteiger partial charge in [0.05, 0.1) is 0 Å². The Kier molecular flexibility index (Phi) is 1.40. The van der Waals surface area contributed by atoms with Gasteiger partial charge < -0.3 is 10.1 Å². The van der Waals surface area contributed by atoms with Gasteiger partial charge in [-0.25, -0.2) is 0 Å². The van der Waals surface area contributed by atoms with Crippen molar-refractivity contribution >= 4 is 0 Å². The number of hydrogen-bond acceptors (Lipinski definition) is 1. The molecule has 2 N–H and O–H groups in total. The summed E-state index contributed by atoms with van der Waals surface area (Å²) in [7, 11) is 0. The molecule has 0 radical (unpaired) electrons. The van der Waals surface area contributed by atoms with Crippen LogP contribution in [0.5, 0.6) is 0 Å². The van der Waals surface area contributed by atoms with Crippen molar-refractivity contribution < 1.29 is 5.11 Å². The third-order valence-corrected chi connectivity index (χ3v) is 2.64. The summed E-state index contributed by atoms with van der Waals surface area (Å²) in [6.07, 6.45) is 3.58. The molecule has 12 heavy (non-hydrogen) atoms. The molecule has 2 nitrogen and oxygen atoms in total. The number of hydrogen-bond donors (Lipinski definition) is 2. The van der Waals surface area contributed by atoms with Gasteiger partial charge in [-0.3, -0.25) is 0 Å². The van der Waals surface area contributed by atoms with Crippen molar-refractivity contribution in [1.82, 2.24) is 4.98 Å². The zero-order chi connectivity index (χ0) is 8.82. The standard InChI is InChI=1S/C10H15NO/c1-9(2)6-10(12,7-9)8-4-3-5-11-8/h3-5,11-12H,6-7H2,1-2H3. The third-order valence-electron chi connectivity index (χ3n) is 2.64. The lowest BCUT2D eigenvalue weighted by Gasteiger charge is -2.49. The summed E-state index contributed by atoms with van der Waals surface area (Å²) < 4.78 is 0. The van der Waals surface area contributed by atoms with Crippen LogP contribution in [-0.2, 0) is 5.60 Å². The molecular formula is C10H15NO. The van der Waals surface area contributed by atoms with Crippen LogP contribution in [0.2, 0.25) is 0 Å². The summed E-state index contributed by atoms with van der Waals surface area (Å²) >= 11 is 0. The van der Waals surface area contributed by atoms with E-state index >= 15 is 0 Å². The van der Waals surface area contributed by atoms with Crippen LogP contribution < -0.4 is 0 Å². The second-order valence-corrected chi connectivity index (χ2v) is 4.63. The first-order valence-electron chi connectivity index (χ1n) is 4.38. The number of aromatic amines is 1. The summed E-state index contributed by atoms with van der Waals surface area (Å²) in [6, 6.07) is 3.88. The molecule has 1 fully saturated rings. The molecule has 0 amide bonds. The highest BCUT2D eigenvalue weighted by Crippen LogP contribution is 2.52. The van der Waals surface area contributed by atoms with Gasteiger partial charge in [0.25, 0.3) is 0 Å². The highest BCUT2D eigenvalue weighted by molar-refractivity contribution is 5.19. The normalized spacial score (nSPS) is 24.9. The van der Waals surface area contributed by atoms with Gasteiger partial charge in [-0.05, 0) is 30.4 Å². The van der Waals surface area contributed by atoms with Gasteiger partial charge in [-0.15, -0.1) is 0 Å². The number of aliphatic hydroxyl groups is 1.